The fourth-order valence-corrected chi connectivity index (χ4v) is 5.63. The molecule has 2 aromatic carbocycles. The topological polar surface area (TPSA) is 124 Å². The van der Waals surface area contributed by atoms with E-state index in [-0.39, 0.29) is 30.9 Å². The Morgan fingerprint density at radius 2 is 2.17 bits per heavy atom. The van der Waals surface area contributed by atoms with Gasteiger partial charge in [-0.1, -0.05) is 13.8 Å². The number of nitriles is 1. The summed E-state index contributed by atoms with van der Waals surface area (Å²) < 4.78 is 21.6. The Hall–Kier alpha value is -3.90. The summed E-state index contributed by atoms with van der Waals surface area (Å²) in [4.78, 5) is 11.9. The highest BCUT2D eigenvalue weighted by Crippen LogP contribution is 2.50. The maximum atomic E-state index is 14.4. The SMILES string of the molecule is COc1cc(-n2c(C(C)(C)CC#N)c([C@@H]3CC[C@@](O)(C(=O)O)C3)c3cc4[nH]ncc4cc32)ccc1F. The lowest BCUT2D eigenvalue weighted by Gasteiger charge is -2.28. The highest BCUT2D eigenvalue weighted by Gasteiger charge is 2.47. The molecule has 1 aliphatic rings. The van der Waals surface area contributed by atoms with Gasteiger partial charge in [-0.25, -0.2) is 9.18 Å². The minimum Gasteiger partial charge on any atom is -0.494 e. The molecule has 2 heterocycles. The van der Waals surface area contributed by atoms with Crippen LogP contribution in [0, 0.1) is 17.1 Å². The lowest BCUT2D eigenvalue weighted by molar-refractivity contribution is -0.157. The largest absolute Gasteiger partial charge is 0.494 e. The van der Waals surface area contributed by atoms with Crippen molar-refractivity contribution < 1.29 is 24.1 Å². The van der Waals surface area contributed by atoms with Crippen LogP contribution in [0.1, 0.15) is 56.7 Å². The zero-order chi connectivity index (χ0) is 25.8. The summed E-state index contributed by atoms with van der Waals surface area (Å²) in [5.41, 5.74) is 1.54. The maximum absolute atomic E-state index is 14.4. The van der Waals surface area contributed by atoms with Crippen molar-refractivity contribution in [1.29, 1.82) is 5.26 Å². The van der Waals surface area contributed by atoms with Gasteiger partial charge in [0.1, 0.15) is 0 Å². The standard InChI is InChI=1S/C27H27FN4O4/c1-26(2,8-9-29)24-23(15-6-7-27(35,13-15)25(33)34)18-12-20-16(14-30-31-20)10-21(18)32(24)17-4-5-19(28)22(11-17)36-3/h4-5,10-12,14-15,35H,6-8,13H2,1-3H3,(H,30,31)(H,33,34)/t15-,27+/m1/s1. The Kier molecular flexibility index (Phi) is 5.52. The number of nitrogens with one attached hydrogen (secondary N) is 1. The number of aromatic amines is 1. The smallest absolute Gasteiger partial charge is 0.335 e. The first-order chi connectivity index (χ1) is 17.1. The first-order valence-electron chi connectivity index (χ1n) is 11.8. The number of ether oxygens (including phenoxy) is 1. The van der Waals surface area contributed by atoms with E-state index in [1.807, 2.05) is 30.5 Å². The molecule has 0 amide bonds. The molecule has 2 aromatic heterocycles. The molecule has 1 fully saturated rings. The van der Waals surface area contributed by atoms with E-state index in [1.165, 1.54) is 13.2 Å². The summed E-state index contributed by atoms with van der Waals surface area (Å²) in [6, 6.07) is 10.9. The fourth-order valence-electron chi connectivity index (χ4n) is 5.63. The van der Waals surface area contributed by atoms with E-state index >= 15 is 0 Å². The van der Waals surface area contributed by atoms with Gasteiger partial charge in [-0.05, 0) is 55.0 Å². The average molecular weight is 491 g/mol. The molecule has 1 aliphatic carbocycles. The number of halogens is 1. The number of fused-ring (bicyclic) bond motifs is 2. The predicted octanol–water partition coefficient (Wildman–Crippen LogP) is 4.93. The number of benzene rings is 2. The van der Waals surface area contributed by atoms with E-state index in [9.17, 15) is 24.7 Å². The molecular formula is C27H27FN4O4. The first kappa shape index (κ1) is 23.8. The second-order valence-electron chi connectivity index (χ2n) is 10.2. The Labute approximate surface area is 206 Å². The molecule has 0 saturated heterocycles. The van der Waals surface area contributed by atoms with Crippen molar-refractivity contribution in [3.05, 3.63) is 53.6 Å². The molecule has 0 radical (unpaired) electrons. The normalized spacial score (nSPS) is 20.2. The number of carbonyl (C=O) groups is 1. The van der Waals surface area contributed by atoms with Crippen LogP contribution in [-0.2, 0) is 10.2 Å². The summed E-state index contributed by atoms with van der Waals surface area (Å²) in [6.45, 7) is 3.94. The molecule has 3 N–H and O–H groups in total. The summed E-state index contributed by atoms with van der Waals surface area (Å²) in [5, 5.41) is 39.1. The number of carboxylic acid groups (broad SMARTS) is 1. The van der Waals surface area contributed by atoms with Crippen LogP contribution < -0.4 is 4.74 Å². The van der Waals surface area contributed by atoms with Crippen LogP contribution in [-0.4, -0.2) is 43.7 Å². The van der Waals surface area contributed by atoms with Crippen molar-refractivity contribution in [2.45, 2.75) is 56.5 Å². The first-order valence-corrected chi connectivity index (χ1v) is 11.8. The highest BCUT2D eigenvalue weighted by atomic mass is 19.1. The van der Waals surface area contributed by atoms with Crippen molar-refractivity contribution in [3.63, 3.8) is 0 Å². The van der Waals surface area contributed by atoms with Crippen molar-refractivity contribution in [1.82, 2.24) is 14.8 Å². The van der Waals surface area contributed by atoms with Gasteiger partial charge in [0, 0.05) is 40.1 Å². The molecule has 0 spiro atoms. The van der Waals surface area contributed by atoms with Crippen LogP contribution in [0.25, 0.3) is 27.5 Å². The number of carboxylic acids is 1. The van der Waals surface area contributed by atoms with Crippen LogP contribution in [0.3, 0.4) is 0 Å². The number of H-pyrrole nitrogens is 1. The van der Waals surface area contributed by atoms with Crippen LogP contribution in [0.2, 0.25) is 0 Å². The Balaban J connectivity index is 1.89. The minimum absolute atomic E-state index is 0.0603. The quantitative estimate of drug-likeness (QED) is 0.352. The number of nitrogens with zero attached hydrogens (tertiary/aromatic N) is 3. The van der Waals surface area contributed by atoms with Crippen molar-refractivity contribution in [2.24, 2.45) is 0 Å². The van der Waals surface area contributed by atoms with Gasteiger partial charge < -0.3 is 19.5 Å². The molecular weight excluding hydrogens is 463 g/mol. The zero-order valence-electron chi connectivity index (χ0n) is 20.3. The van der Waals surface area contributed by atoms with E-state index in [0.29, 0.717) is 12.1 Å². The average Bonchev–Trinajstić information content (AvgIpc) is 3.53. The van der Waals surface area contributed by atoms with Gasteiger partial charge in [0.05, 0.1) is 30.4 Å². The van der Waals surface area contributed by atoms with Gasteiger partial charge in [-0.3, -0.25) is 5.10 Å². The van der Waals surface area contributed by atoms with E-state index in [2.05, 4.69) is 16.3 Å². The number of hydrogen-bond acceptors (Lipinski definition) is 5. The lowest BCUT2D eigenvalue weighted by atomic mass is 9.79. The van der Waals surface area contributed by atoms with Crippen molar-refractivity contribution >= 4 is 27.8 Å². The van der Waals surface area contributed by atoms with Gasteiger partial charge in [0.2, 0.25) is 0 Å². The predicted molar refractivity (Wildman–Crippen MR) is 132 cm³/mol. The van der Waals surface area contributed by atoms with Gasteiger partial charge in [0.15, 0.2) is 17.2 Å². The van der Waals surface area contributed by atoms with Crippen molar-refractivity contribution in [3.8, 4) is 17.5 Å². The lowest BCUT2D eigenvalue weighted by Crippen LogP contribution is -2.35. The molecule has 5 rings (SSSR count). The summed E-state index contributed by atoms with van der Waals surface area (Å²) in [7, 11) is 1.40. The van der Waals surface area contributed by atoms with E-state index in [4.69, 9.17) is 4.74 Å². The minimum atomic E-state index is -1.81. The summed E-state index contributed by atoms with van der Waals surface area (Å²) >= 11 is 0. The molecule has 186 valence electrons. The fraction of sp³-hybridized carbons (Fsp3) is 0.370. The van der Waals surface area contributed by atoms with Gasteiger partial charge >= 0.3 is 5.97 Å². The maximum Gasteiger partial charge on any atom is 0.335 e. The van der Waals surface area contributed by atoms with Gasteiger partial charge in [-0.2, -0.15) is 10.4 Å². The molecule has 8 nitrogen and oxygen atoms in total. The van der Waals surface area contributed by atoms with Crippen molar-refractivity contribution in [2.75, 3.05) is 7.11 Å². The highest BCUT2D eigenvalue weighted by molar-refractivity contribution is 5.99. The molecule has 0 unspecified atom stereocenters. The van der Waals surface area contributed by atoms with E-state index in [0.717, 1.165) is 33.1 Å². The molecule has 2 atom stereocenters. The van der Waals surface area contributed by atoms with Crippen LogP contribution in [0.15, 0.2) is 36.5 Å². The summed E-state index contributed by atoms with van der Waals surface area (Å²) in [6.07, 6.45) is 2.59. The third kappa shape index (κ3) is 3.60. The van der Waals surface area contributed by atoms with Crippen LogP contribution >= 0.6 is 0 Å². The van der Waals surface area contributed by atoms with Crippen LogP contribution in [0.4, 0.5) is 4.39 Å². The third-order valence-electron chi connectivity index (χ3n) is 7.42. The third-order valence-corrected chi connectivity index (χ3v) is 7.42. The van der Waals surface area contributed by atoms with E-state index < -0.39 is 22.8 Å². The van der Waals surface area contributed by atoms with Crippen LogP contribution in [0.5, 0.6) is 5.75 Å². The summed E-state index contributed by atoms with van der Waals surface area (Å²) in [5.74, 6) is -1.89. The van der Waals surface area contributed by atoms with Gasteiger partial charge in [-0.15, -0.1) is 0 Å². The molecule has 0 bridgehead atoms. The Bertz CT molecular complexity index is 1550. The van der Waals surface area contributed by atoms with Gasteiger partial charge in [0.25, 0.3) is 0 Å². The zero-order valence-corrected chi connectivity index (χ0v) is 20.3. The second-order valence-corrected chi connectivity index (χ2v) is 10.2. The second kappa shape index (κ2) is 8.35. The number of rotatable bonds is 6. The molecule has 4 aromatic rings. The Morgan fingerprint density at radius 3 is 2.83 bits per heavy atom. The molecule has 36 heavy (non-hydrogen) atoms. The number of hydrogen-bond donors (Lipinski definition) is 3. The monoisotopic (exact) mass is 490 g/mol. The number of methoxy groups -OCH3 is 1. The molecule has 9 heteroatoms. The Morgan fingerprint density at radius 1 is 1.39 bits per heavy atom. The number of aliphatic carboxylic acids is 1. The van der Waals surface area contributed by atoms with E-state index in [1.54, 1.807) is 18.3 Å². The number of aliphatic hydroxyl groups is 1. The number of aromatic nitrogens is 3. The molecule has 1 saturated carbocycles. The molecule has 0 aliphatic heterocycles.